The van der Waals surface area contributed by atoms with Crippen LogP contribution in [0.1, 0.15) is 20.3 Å². The van der Waals surface area contributed by atoms with Crippen LogP contribution in [0.4, 0.5) is 0 Å². The molecule has 0 saturated carbocycles. The van der Waals surface area contributed by atoms with Gasteiger partial charge in [-0.25, -0.2) is 0 Å². The number of nitrogens with one attached hydrogen (secondary N) is 1. The number of allylic oxidation sites excluding steroid dienone is 1. The van der Waals surface area contributed by atoms with Gasteiger partial charge in [-0.05, 0) is 24.0 Å². The molecule has 0 fully saturated rings. The van der Waals surface area contributed by atoms with Crippen LogP contribution in [0.5, 0.6) is 0 Å². The van der Waals surface area contributed by atoms with E-state index in [9.17, 15) is 0 Å². The highest BCUT2D eigenvalue weighted by molar-refractivity contribution is 5.79. The van der Waals surface area contributed by atoms with Gasteiger partial charge in [0.25, 0.3) is 0 Å². The van der Waals surface area contributed by atoms with Gasteiger partial charge in [-0.1, -0.05) is 13.8 Å². The van der Waals surface area contributed by atoms with E-state index in [1.165, 1.54) is 5.57 Å². The topological polar surface area (TPSA) is 50.4 Å². The molecule has 0 saturated heterocycles. The maximum Gasteiger partial charge on any atom is 0.110 e. The van der Waals surface area contributed by atoms with Gasteiger partial charge < -0.3 is 5.73 Å². The van der Waals surface area contributed by atoms with E-state index < -0.39 is 0 Å². The molecule has 0 spiro atoms. The van der Waals surface area contributed by atoms with Crippen molar-refractivity contribution in [3.05, 3.63) is 11.6 Å². The summed E-state index contributed by atoms with van der Waals surface area (Å²) in [6.45, 7) is 4.34. The molecule has 0 radical (unpaired) electrons. The number of rotatable bonds is 2. The van der Waals surface area contributed by atoms with Gasteiger partial charge in [0.2, 0.25) is 0 Å². The number of hydrogen-bond acceptors (Lipinski definition) is 3. The maximum atomic E-state index is 5.62. The molecule has 0 bridgehead atoms. The predicted octanol–water partition coefficient (Wildman–Crippen LogP) is 0.833. The van der Waals surface area contributed by atoms with E-state index in [-0.39, 0.29) is 6.17 Å². The second kappa shape index (κ2) is 3.53. The Balaban J connectivity index is 2.63. The largest absolute Gasteiger partial charge is 0.307 e. The summed E-state index contributed by atoms with van der Waals surface area (Å²) in [5.41, 5.74) is 9.61. The Kier molecular flexibility index (Phi) is 2.65. The first-order valence-electron chi connectivity index (χ1n) is 4.00. The number of hydrazone groups is 1. The highest BCUT2D eigenvalue weighted by Crippen LogP contribution is 2.13. The van der Waals surface area contributed by atoms with Gasteiger partial charge in [0.15, 0.2) is 0 Å². The average Bonchev–Trinajstić information content (AvgIpc) is 2.03. The summed E-state index contributed by atoms with van der Waals surface area (Å²) in [6, 6.07) is 0. The van der Waals surface area contributed by atoms with Crippen LogP contribution in [0, 0.1) is 5.92 Å². The lowest BCUT2D eigenvalue weighted by Crippen LogP contribution is -2.35. The Hall–Kier alpha value is -0.830. The van der Waals surface area contributed by atoms with Crippen LogP contribution in [0.25, 0.3) is 0 Å². The smallest absolute Gasteiger partial charge is 0.110 e. The molecule has 3 nitrogen and oxygen atoms in total. The molecule has 3 N–H and O–H groups in total. The summed E-state index contributed by atoms with van der Waals surface area (Å²) >= 11 is 0. The van der Waals surface area contributed by atoms with Crippen LogP contribution in [-0.2, 0) is 0 Å². The SMILES string of the molecule is CCC(C)C1=CC(N)NN=C1. The average molecular weight is 153 g/mol. The summed E-state index contributed by atoms with van der Waals surface area (Å²) in [5.74, 6) is 0.562. The second-order valence-electron chi connectivity index (χ2n) is 2.89. The van der Waals surface area contributed by atoms with Crippen LogP contribution in [0.2, 0.25) is 0 Å². The van der Waals surface area contributed by atoms with E-state index in [1.54, 1.807) is 0 Å². The highest BCUT2D eigenvalue weighted by Gasteiger charge is 2.09. The first kappa shape index (κ1) is 8.27. The van der Waals surface area contributed by atoms with Crippen LogP contribution in [-0.4, -0.2) is 12.4 Å². The lowest BCUT2D eigenvalue weighted by atomic mass is 9.98. The molecule has 1 aliphatic heterocycles. The molecule has 0 aromatic carbocycles. The van der Waals surface area contributed by atoms with E-state index in [2.05, 4.69) is 24.4 Å². The first-order chi connectivity index (χ1) is 5.24. The lowest BCUT2D eigenvalue weighted by Gasteiger charge is -2.17. The number of nitrogens with zero attached hydrogens (tertiary/aromatic N) is 1. The van der Waals surface area contributed by atoms with Crippen molar-refractivity contribution in [3.63, 3.8) is 0 Å². The Labute approximate surface area is 67.4 Å². The fourth-order valence-electron chi connectivity index (χ4n) is 1.01. The third-order valence-corrected chi connectivity index (χ3v) is 1.99. The highest BCUT2D eigenvalue weighted by atomic mass is 15.3. The fourth-order valence-corrected chi connectivity index (χ4v) is 1.01. The minimum Gasteiger partial charge on any atom is -0.307 e. The van der Waals surface area contributed by atoms with E-state index >= 15 is 0 Å². The normalized spacial score (nSPS) is 25.7. The van der Waals surface area contributed by atoms with Crippen molar-refractivity contribution in [2.75, 3.05) is 0 Å². The van der Waals surface area contributed by atoms with Crippen LogP contribution in [0.15, 0.2) is 16.8 Å². The van der Waals surface area contributed by atoms with Gasteiger partial charge in [0, 0.05) is 0 Å². The van der Waals surface area contributed by atoms with Crippen molar-refractivity contribution in [1.82, 2.24) is 5.43 Å². The third-order valence-electron chi connectivity index (χ3n) is 1.99. The monoisotopic (exact) mass is 153 g/mol. The van der Waals surface area contributed by atoms with E-state index in [0.717, 1.165) is 6.42 Å². The standard InChI is InChI=1S/C8H15N3/c1-3-6(2)7-4-8(9)11-10-5-7/h4-6,8,11H,3,9H2,1-2H3. The summed E-state index contributed by atoms with van der Waals surface area (Å²) in [4.78, 5) is 0. The zero-order valence-corrected chi connectivity index (χ0v) is 7.04. The quantitative estimate of drug-likeness (QED) is 0.617. The lowest BCUT2D eigenvalue weighted by molar-refractivity contribution is 0.607. The first-order valence-corrected chi connectivity index (χ1v) is 4.00. The van der Waals surface area contributed by atoms with Gasteiger partial charge in [-0.3, -0.25) is 5.43 Å². The molecular formula is C8H15N3. The summed E-state index contributed by atoms with van der Waals surface area (Å²) in [6.07, 6.45) is 4.88. The van der Waals surface area contributed by atoms with Gasteiger partial charge in [0.1, 0.15) is 6.17 Å². The zero-order valence-electron chi connectivity index (χ0n) is 7.04. The fraction of sp³-hybridized carbons (Fsp3) is 0.625. The molecule has 0 aromatic rings. The molecule has 0 amide bonds. The Morgan fingerprint density at radius 2 is 2.55 bits per heavy atom. The number of nitrogens with two attached hydrogens (primary N) is 1. The molecule has 11 heavy (non-hydrogen) atoms. The summed E-state index contributed by atoms with van der Waals surface area (Å²) < 4.78 is 0. The van der Waals surface area contributed by atoms with Crippen LogP contribution >= 0.6 is 0 Å². The maximum absolute atomic E-state index is 5.62. The predicted molar refractivity (Wildman–Crippen MR) is 47.1 cm³/mol. The van der Waals surface area contributed by atoms with Crippen molar-refractivity contribution >= 4 is 6.21 Å². The van der Waals surface area contributed by atoms with E-state index in [4.69, 9.17) is 5.73 Å². The van der Waals surface area contributed by atoms with Crippen LogP contribution in [0.3, 0.4) is 0 Å². The molecule has 1 heterocycles. The summed E-state index contributed by atoms with van der Waals surface area (Å²) in [7, 11) is 0. The van der Waals surface area contributed by atoms with Crippen molar-refractivity contribution in [2.45, 2.75) is 26.4 Å². The second-order valence-corrected chi connectivity index (χ2v) is 2.89. The minimum atomic E-state index is -0.107. The molecule has 1 rings (SSSR count). The number of hydrogen-bond donors (Lipinski definition) is 2. The van der Waals surface area contributed by atoms with E-state index in [0.29, 0.717) is 5.92 Å². The molecule has 2 unspecified atom stereocenters. The molecule has 62 valence electrons. The summed E-state index contributed by atoms with van der Waals surface area (Å²) in [5, 5.41) is 3.94. The Morgan fingerprint density at radius 3 is 3.09 bits per heavy atom. The molecular weight excluding hydrogens is 138 g/mol. The molecule has 2 atom stereocenters. The Bertz CT molecular complexity index is 184. The molecule has 3 heteroatoms. The van der Waals surface area contributed by atoms with Crippen molar-refractivity contribution in [1.29, 1.82) is 0 Å². The van der Waals surface area contributed by atoms with Gasteiger partial charge >= 0.3 is 0 Å². The van der Waals surface area contributed by atoms with E-state index in [1.807, 2.05) is 12.3 Å². The van der Waals surface area contributed by atoms with Crippen molar-refractivity contribution < 1.29 is 0 Å². The molecule has 1 aliphatic rings. The van der Waals surface area contributed by atoms with Crippen molar-refractivity contribution in [3.8, 4) is 0 Å². The van der Waals surface area contributed by atoms with Gasteiger partial charge in [0.05, 0.1) is 6.21 Å². The molecule has 0 aliphatic carbocycles. The van der Waals surface area contributed by atoms with Gasteiger partial charge in [-0.2, -0.15) is 5.10 Å². The zero-order chi connectivity index (χ0) is 8.27. The van der Waals surface area contributed by atoms with Crippen molar-refractivity contribution in [2.24, 2.45) is 16.8 Å². The molecule has 0 aromatic heterocycles. The van der Waals surface area contributed by atoms with Crippen LogP contribution < -0.4 is 11.2 Å². The third kappa shape index (κ3) is 2.05. The Morgan fingerprint density at radius 1 is 1.82 bits per heavy atom. The van der Waals surface area contributed by atoms with Gasteiger partial charge in [-0.15, -0.1) is 0 Å². The minimum absolute atomic E-state index is 0.107.